The van der Waals surface area contributed by atoms with Crippen molar-refractivity contribution >= 4 is 17.2 Å². The number of ether oxygens (including phenoxy) is 1. The van der Waals surface area contributed by atoms with E-state index in [0.717, 1.165) is 70.9 Å². The molecular formula is C26H40N4O2S. The summed E-state index contributed by atoms with van der Waals surface area (Å²) in [5.41, 5.74) is 1.23. The highest BCUT2D eigenvalue weighted by Gasteiger charge is 2.22. The number of thiophene rings is 1. The number of rotatable bonds is 13. The predicted molar refractivity (Wildman–Crippen MR) is 137 cm³/mol. The van der Waals surface area contributed by atoms with Gasteiger partial charge in [-0.2, -0.15) is 0 Å². The molecule has 1 fully saturated rings. The molecule has 33 heavy (non-hydrogen) atoms. The zero-order chi connectivity index (χ0) is 23.5. The summed E-state index contributed by atoms with van der Waals surface area (Å²) in [6.07, 6.45) is 2.01. The number of carbonyl (C=O) groups excluding carboxylic acids is 1. The van der Waals surface area contributed by atoms with Gasteiger partial charge in [-0.15, -0.1) is 11.3 Å². The molecule has 0 aliphatic carbocycles. The van der Waals surface area contributed by atoms with E-state index in [9.17, 15) is 4.79 Å². The second kappa shape index (κ2) is 13.7. The third kappa shape index (κ3) is 7.81. The van der Waals surface area contributed by atoms with Crippen LogP contribution in [0.5, 0.6) is 5.75 Å². The summed E-state index contributed by atoms with van der Waals surface area (Å²) in [6.45, 7) is 12.0. The van der Waals surface area contributed by atoms with E-state index in [1.165, 1.54) is 10.4 Å². The van der Waals surface area contributed by atoms with Crippen molar-refractivity contribution in [1.82, 2.24) is 20.0 Å². The average molecular weight is 473 g/mol. The van der Waals surface area contributed by atoms with E-state index in [0.29, 0.717) is 6.54 Å². The number of nitrogens with one attached hydrogen (secondary N) is 1. The number of hydrogen-bond donors (Lipinski definition) is 1. The molecule has 1 amide bonds. The molecule has 0 bridgehead atoms. The lowest BCUT2D eigenvalue weighted by atomic mass is 10.1. The molecule has 3 rings (SSSR count). The fourth-order valence-corrected chi connectivity index (χ4v) is 5.07. The van der Waals surface area contributed by atoms with Crippen molar-refractivity contribution in [2.45, 2.75) is 39.3 Å². The van der Waals surface area contributed by atoms with Gasteiger partial charge in [0.1, 0.15) is 11.9 Å². The Bertz CT molecular complexity index is 821. The maximum atomic E-state index is 12.6. The molecule has 1 aromatic carbocycles. The number of amides is 1. The molecule has 182 valence electrons. The Hall–Kier alpha value is -1.93. The minimum Gasteiger partial charge on any atom is -0.485 e. The van der Waals surface area contributed by atoms with Gasteiger partial charge in [-0.3, -0.25) is 14.6 Å². The van der Waals surface area contributed by atoms with Gasteiger partial charge in [0.2, 0.25) is 5.91 Å². The molecule has 1 aliphatic rings. The molecule has 1 saturated heterocycles. The van der Waals surface area contributed by atoms with Gasteiger partial charge in [-0.05, 0) is 44.4 Å². The van der Waals surface area contributed by atoms with Crippen LogP contribution >= 0.6 is 11.3 Å². The Morgan fingerprint density at radius 2 is 1.88 bits per heavy atom. The lowest BCUT2D eigenvalue weighted by molar-refractivity contribution is -0.132. The molecule has 1 N–H and O–H groups in total. The largest absolute Gasteiger partial charge is 0.485 e. The number of carbonyl (C=O) groups is 1. The van der Waals surface area contributed by atoms with E-state index in [-0.39, 0.29) is 12.0 Å². The predicted octanol–water partition coefficient (Wildman–Crippen LogP) is 3.85. The lowest BCUT2D eigenvalue weighted by Crippen LogP contribution is -2.49. The Kier molecular flexibility index (Phi) is 10.7. The van der Waals surface area contributed by atoms with Gasteiger partial charge in [-0.1, -0.05) is 31.2 Å². The third-order valence-electron chi connectivity index (χ3n) is 6.20. The van der Waals surface area contributed by atoms with E-state index >= 15 is 0 Å². The number of para-hydroxylation sites is 1. The summed E-state index contributed by atoms with van der Waals surface area (Å²) in [5.74, 6) is 1.23. The zero-order valence-electron chi connectivity index (χ0n) is 20.5. The lowest BCUT2D eigenvalue weighted by Gasteiger charge is -2.35. The first-order valence-corrected chi connectivity index (χ1v) is 13.2. The quantitative estimate of drug-likeness (QED) is 0.480. The standard InChI is InChI=1S/C26H40N4O2S/c1-4-14-30(5-2)26(31)21-29-17-15-28(16-18-29)20-22-9-6-7-10-23(22)32-24(12-13-27-3)25-11-8-19-33-25/h6-11,19,24,27H,4-5,12-18,20-21H2,1-3H3. The molecule has 0 radical (unpaired) electrons. The fourth-order valence-electron chi connectivity index (χ4n) is 4.28. The summed E-state index contributed by atoms with van der Waals surface area (Å²) in [4.78, 5) is 20.6. The maximum Gasteiger partial charge on any atom is 0.236 e. The van der Waals surface area contributed by atoms with Gasteiger partial charge in [0.15, 0.2) is 0 Å². The van der Waals surface area contributed by atoms with E-state index in [1.807, 2.05) is 11.9 Å². The van der Waals surface area contributed by atoms with Gasteiger partial charge in [0.25, 0.3) is 0 Å². The first kappa shape index (κ1) is 25.7. The van der Waals surface area contributed by atoms with Crippen molar-refractivity contribution in [2.24, 2.45) is 0 Å². The van der Waals surface area contributed by atoms with Crippen LogP contribution in [0.3, 0.4) is 0 Å². The fraction of sp³-hybridized carbons (Fsp3) is 0.577. The molecule has 0 saturated carbocycles. The highest BCUT2D eigenvalue weighted by Crippen LogP contribution is 2.30. The van der Waals surface area contributed by atoms with Crippen LogP contribution in [0.4, 0.5) is 0 Å². The Morgan fingerprint density at radius 3 is 2.55 bits per heavy atom. The van der Waals surface area contributed by atoms with E-state index in [2.05, 4.69) is 70.7 Å². The van der Waals surface area contributed by atoms with Crippen LogP contribution < -0.4 is 10.1 Å². The minimum atomic E-state index is 0.0612. The van der Waals surface area contributed by atoms with Crippen molar-refractivity contribution in [2.75, 3.05) is 59.4 Å². The van der Waals surface area contributed by atoms with Gasteiger partial charge in [-0.25, -0.2) is 0 Å². The van der Waals surface area contributed by atoms with Gasteiger partial charge >= 0.3 is 0 Å². The number of nitrogens with zero attached hydrogens (tertiary/aromatic N) is 3. The molecular weight excluding hydrogens is 432 g/mol. The van der Waals surface area contributed by atoms with Crippen molar-refractivity contribution < 1.29 is 9.53 Å². The highest BCUT2D eigenvalue weighted by molar-refractivity contribution is 7.10. The molecule has 1 aliphatic heterocycles. The molecule has 1 atom stereocenters. The molecule has 6 nitrogen and oxygen atoms in total. The molecule has 2 heterocycles. The van der Waals surface area contributed by atoms with Crippen LogP contribution in [-0.4, -0.2) is 80.0 Å². The minimum absolute atomic E-state index is 0.0612. The molecule has 2 aromatic rings. The molecule has 7 heteroatoms. The number of benzene rings is 1. The van der Waals surface area contributed by atoms with Crippen LogP contribution in [-0.2, 0) is 11.3 Å². The van der Waals surface area contributed by atoms with Crippen molar-refractivity contribution in [3.8, 4) is 5.75 Å². The highest BCUT2D eigenvalue weighted by atomic mass is 32.1. The van der Waals surface area contributed by atoms with E-state index < -0.39 is 0 Å². The second-order valence-electron chi connectivity index (χ2n) is 8.65. The maximum absolute atomic E-state index is 12.6. The number of piperazine rings is 1. The van der Waals surface area contributed by atoms with Gasteiger partial charge < -0.3 is 15.0 Å². The summed E-state index contributed by atoms with van der Waals surface area (Å²) < 4.78 is 6.55. The van der Waals surface area contributed by atoms with Gasteiger partial charge in [0, 0.05) is 62.7 Å². The Balaban J connectivity index is 1.55. The molecule has 0 spiro atoms. The summed E-state index contributed by atoms with van der Waals surface area (Å²) in [5, 5.41) is 5.36. The van der Waals surface area contributed by atoms with Crippen LogP contribution in [0.1, 0.15) is 43.2 Å². The third-order valence-corrected chi connectivity index (χ3v) is 7.17. The summed E-state index contributed by atoms with van der Waals surface area (Å²) in [7, 11) is 1.98. The average Bonchev–Trinajstić information content (AvgIpc) is 3.37. The smallest absolute Gasteiger partial charge is 0.236 e. The molecule has 1 aromatic heterocycles. The number of likely N-dealkylation sites (N-methyl/N-ethyl adjacent to an activating group) is 1. The topological polar surface area (TPSA) is 48.1 Å². The van der Waals surface area contributed by atoms with Gasteiger partial charge in [0.05, 0.1) is 6.54 Å². The van der Waals surface area contributed by atoms with Crippen molar-refractivity contribution in [1.29, 1.82) is 0 Å². The Morgan fingerprint density at radius 1 is 1.12 bits per heavy atom. The first-order valence-electron chi connectivity index (χ1n) is 12.3. The second-order valence-corrected chi connectivity index (χ2v) is 9.63. The summed E-state index contributed by atoms with van der Waals surface area (Å²) in [6, 6.07) is 12.7. The van der Waals surface area contributed by atoms with Crippen LogP contribution in [0, 0.1) is 0 Å². The first-order chi connectivity index (χ1) is 16.1. The van der Waals surface area contributed by atoms with Crippen molar-refractivity contribution in [3.63, 3.8) is 0 Å². The SMILES string of the molecule is CCCN(CC)C(=O)CN1CCN(Cc2ccccc2OC(CCNC)c2cccs2)CC1. The zero-order valence-corrected chi connectivity index (χ0v) is 21.3. The number of hydrogen-bond acceptors (Lipinski definition) is 6. The van der Waals surface area contributed by atoms with E-state index in [1.54, 1.807) is 11.3 Å². The van der Waals surface area contributed by atoms with Crippen LogP contribution in [0.2, 0.25) is 0 Å². The van der Waals surface area contributed by atoms with Crippen molar-refractivity contribution in [3.05, 3.63) is 52.2 Å². The van der Waals surface area contributed by atoms with E-state index in [4.69, 9.17) is 4.74 Å². The molecule has 1 unspecified atom stereocenters. The van der Waals surface area contributed by atoms with Crippen LogP contribution in [0.25, 0.3) is 0 Å². The summed E-state index contributed by atoms with van der Waals surface area (Å²) >= 11 is 1.75. The monoisotopic (exact) mass is 472 g/mol. The van der Waals surface area contributed by atoms with Crippen LogP contribution in [0.15, 0.2) is 41.8 Å². The normalized spacial score (nSPS) is 16.0. The Labute approximate surface area is 203 Å².